The van der Waals surface area contributed by atoms with Crippen molar-refractivity contribution in [3.63, 3.8) is 0 Å². The maximum atomic E-state index is 14.1. The average molecular weight is 1200 g/mol. The molecule has 8 atom stereocenters. The molecule has 27 nitrogen and oxygen atoms in total. The van der Waals surface area contributed by atoms with Crippen LogP contribution in [0.3, 0.4) is 0 Å². The number of thioether (sulfide) groups is 2. The van der Waals surface area contributed by atoms with Crippen LogP contribution in [0.5, 0.6) is 0 Å². The van der Waals surface area contributed by atoms with Gasteiger partial charge in [0.25, 0.3) is 0 Å². The summed E-state index contributed by atoms with van der Waals surface area (Å²) < 4.78 is 0. The summed E-state index contributed by atoms with van der Waals surface area (Å²) in [7, 11) is 0. The van der Waals surface area contributed by atoms with E-state index in [1.54, 1.807) is 0 Å². The molecule has 0 radical (unpaired) electrons. The SMILES string of the molecule is CC(=O)NC1CSCc2ccc3ccccc3c2-c2c(ccc3ccccc23)CSC[C@@H](C(N)=O)NC(=O)[C@H](CCC(=O)O)NC(=O)CNC(=O)C([C@@H](C)O)NC(=O)[C@H](CCC(=O)O)NC(=O)[C@H](CCC(=O)O)NC(=O)[C@H](CC(=O)O)NC1=O. The van der Waals surface area contributed by atoms with Gasteiger partial charge in [0, 0.05) is 49.2 Å². The number of amides is 9. The van der Waals surface area contributed by atoms with Gasteiger partial charge in [-0.15, -0.1) is 0 Å². The van der Waals surface area contributed by atoms with Crippen LogP contribution in [0.25, 0.3) is 32.7 Å². The Labute approximate surface area is 488 Å². The minimum atomic E-state index is -1.98. The molecule has 4 aromatic rings. The van der Waals surface area contributed by atoms with E-state index >= 15 is 0 Å². The zero-order valence-electron chi connectivity index (χ0n) is 45.5. The fourth-order valence-corrected chi connectivity index (χ4v) is 11.0. The van der Waals surface area contributed by atoms with Crippen LogP contribution >= 0.6 is 23.5 Å². The Morgan fingerprint density at radius 3 is 1.46 bits per heavy atom. The van der Waals surface area contributed by atoms with Crippen molar-refractivity contribution in [3.8, 4) is 11.1 Å². The summed E-state index contributed by atoms with van der Waals surface area (Å²) in [5.74, 6) is -15.8. The Hall–Kier alpha value is -8.83. The van der Waals surface area contributed by atoms with Crippen LogP contribution in [0.1, 0.15) is 69.9 Å². The van der Waals surface area contributed by atoms with Crippen molar-refractivity contribution in [2.45, 2.75) is 119 Å². The van der Waals surface area contributed by atoms with Gasteiger partial charge in [0.2, 0.25) is 53.2 Å². The summed E-state index contributed by atoms with van der Waals surface area (Å²) >= 11 is 2.40. The number of rotatable bonds is 14. The van der Waals surface area contributed by atoms with Gasteiger partial charge in [0.1, 0.15) is 42.3 Å². The molecule has 2 unspecified atom stereocenters. The largest absolute Gasteiger partial charge is 0.481 e. The van der Waals surface area contributed by atoms with Crippen molar-refractivity contribution in [1.82, 2.24) is 42.5 Å². The highest BCUT2D eigenvalue weighted by Crippen LogP contribution is 2.41. The van der Waals surface area contributed by atoms with Crippen LogP contribution in [0, 0.1) is 0 Å². The summed E-state index contributed by atoms with van der Waals surface area (Å²) in [5, 5.41) is 70.7. The first-order valence-corrected chi connectivity index (χ1v) is 28.5. The number of benzene rings is 4. The molecule has 84 heavy (non-hydrogen) atoms. The molecule has 0 aromatic heterocycles. The molecule has 5 rings (SSSR count). The number of carbonyl (C=O) groups excluding carboxylic acids is 9. The predicted octanol–water partition coefficient (Wildman–Crippen LogP) is -0.395. The van der Waals surface area contributed by atoms with E-state index in [4.69, 9.17) is 5.73 Å². The summed E-state index contributed by atoms with van der Waals surface area (Å²) in [6.07, 6.45) is -7.12. The molecule has 0 aliphatic carbocycles. The number of aliphatic hydroxyl groups excluding tert-OH is 1. The number of hydrogen-bond donors (Lipinski definition) is 14. The van der Waals surface area contributed by atoms with Gasteiger partial charge in [-0.05, 0) is 70.0 Å². The van der Waals surface area contributed by atoms with Crippen molar-refractivity contribution in [3.05, 3.63) is 83.9 Å². The van der Waals surface area contributed by atoms with E-state index < -0.39 is 177 Å². The van der Waals surface area contributed by atoms with Gasteiger partial charge in [-0.2, -0.15) is 23.5 Å². The standard InChI is InChI=1S/C55H65N9O18S2/c1-27(65)48-55(82)57-22-41(67)59-35(15-18-42(68)69)50(77)63-39(49(56)76)25-83-23-31-13-11-29-7-3-5-9-33(29)46(31)47-32(14-12-30-8-4-6-10-34(30)47)24-84-26-40(58-28(2)66)54(81)62-38(21-45(74)75)53(80)61-36(16-19-43(70)71)51(78)60-37(52(79)64-48)17-20-44(72)73/h3-14,27,35-40,48,65H,15-26H2,1-2H3,(H2,56,76)(H,57,82)(H,58,66)(H,59,67)(H,60,78)(H,61,80)(H,62,81)(H,63,77)(H,64,79)(H,68,69)(H,70,71)(H,72,73)(H,74,75)/t27-,35+,36+,37+,38+,39+,40?,48?/m1/s1. The Kier molecular flexibility index (Phi) is 24.8. The van der Waals surface area contributed by atoms with Gasteiger partial charge in [0.15, 0.2) is 0 Å². The van der Waals surface area contributed by atoms with Gasteiger partial charge in [-0.25, -0.2) is 0 Å². The maximum Gasteiger partial charge on any atom is 0.305 e. The second-order valence-corrected chi connectivity index (χ2v) is 21.6. The molecule has 1 heterocycles. The Balaban J connectivity index is 1.60. The second-order valence-electron chi connectivity index (χ2n) is 19.5. The number of fused-ring (bicyclic) bond motifs is 7. The molecule has 1 aliphatic rings. The predicted molar refractivity (Wildman–Crippen MR) is 305 cm³/mol. The first-order valence-electron chi connectivity index (χ1n) is 26.2. The Bertz CT molecular complexity index is 3180. The topological polar surface area (TPSA) is 445 Å². The molecular formula is C55H65N9O18S2. The number of aliphatic hydroxyl groups is 1. The molecule has 15 N–H and O–H groups in total. The fourth-order valence-electron chi connectivity index (χ4n) is 8.93. The summed E-state index contributed by atoms with van der Waals surface area (Å²) in [6.45, 7) is 1.20. The van der Waals surface area contributed by atoms with Crippen molar-refractivity contribution in [2.24, 2.45) is 5.73 Å². The molecule has 0 fully saturated rings. The highest BCUT2D eigenvalue weighted by Gasteiger charge is 2.36. The molecule has 4 aromatic carbocycles. The van der Waals surface area contributed by atoms with E-state index in [1.807, 2.05) is 72.8 Å². The van der Waals surface area contributed by atoms with Crippen molar-refractivity contribution in [2.75, 3.05) is 18.1 Å². The van der Waals surface area contributed by atoms with Crippen LogP contribution in [0.2, 0.25) is 0 Å². The lowest BCUT2D eigenvalue weighted by Gasteiger charge is -2.27. The molecule has 9 amide bonds. The van der Waals surface area contributed by atoms with Crippen LogP contribution in [-0.2, 0) is 73.8 Å². The third kappa shape index (κ3) is 19.7. The first kappa shape index (κ1) is 66.0. The second kappa shape index (κ2) is 31.6. The van der Waals surface area contributed by atoms with E-state index in [0.29, 0.717) is 0 Å². The highest BCUT2D eigenvalue weighted by molar-refractivity contribution is 7.98. The van der Waals surface area contributed by atoms with Crippen LogP contribution < -0.4 is 48.3 Å². The zero-order valence-corrected chi connectivity index (χ0v) is 47.1. The van der Waals surface area contributed by atoms with Gasteiger partial charge in [-0.3, -0.25) is 62.3 Å². The van der Waals surface area contributed by atoms with Gasteiger partial charge < -0.3 is 73.8 Å². The first-order chi connectivity index (χ1) is 39.8. The molecule has 1 aliphatic heterocycles. The van der Waals surface area contributed by atoms with Gasteiger partial charge in [-0.1, -0.05) is 72.8 Å². The third-order valence-electron chi connectivity index (χ3n) is 13.1. The monoisotopic (exact) mass is 1200 g/mol. The highest BCUT2D eigenvalue weighted by atomic mass is 32.2. The minimum absolute atomic E-state index is 0.124. The summed E-state index contributed by atoms with van der Waals surface area (Å²) in [4.78, 5) is 169. The normalized spacial score (nSPS) is 21.8. The minimum Gasteiger partial charge on any atom is -0.481 e. The van der Waals surface area contributed by atoms with Crippen molar-refractivity contribution in [1.29, 1.82) is 0 Å². The van der Waals surface area contributed by atoms with E-state index in [9.17, 15) is 87.9 Å². The number of hydrogen-bond acceptors (Lipinski definition) is 16. The lowest BCUT2D eigenvalue weighted by molar-refractivity contribution is -0.142. The van der Waals surface area contributed by atoms with Crippen LogP contribution in [0.15, 0.2) is 72.8 Å². The van der Waals surface area contributed by atoms with Crippen LogP contribution in [0.4, 0.5) is 0 Å². The van der Waals surface area contributed by atoms with Gasteiger partial charge in [0.05, 0.1) is 19.1 Å². The molecule has 0 saturated heterocycles. The third-order valence-corrected chi connectivity index (χ3v) is 15.2. The lowest BCUT2D eigenvalue weighted by atomic mass is 9.88. The van der Waals surface area contributed by atoms with E-state index in [2.05, 4.69) is 42.5 Å². The number of primary amides is 1. The average Bonchev–Trinajstić information content (AvgIpc) is 1.56. The number of nitrogens with one attached hydrogen (secondary N) is 8. The molecule has 0 saturated carbocycles. The summed E-state index contributed by atoms with van der Waals surface area (Å²) in [5.41, 5.74) is 8.89. The number of carboxylic acid groups (broad SMARTS) is 4. The Morgan fingerprint density at radius 2 is 1.00 bits per heavy atom. The van der Waals surface area contributed by atoms with E-state index in [0.717, 1.165) is 57.6 Å². The number of carboxylic acids is 4. The number of aliphatic carboxylic acids is 4. The number of nitrogens with two attached hydrogens (primary N) is 1. The molecule has 450 valence electrons. The maximum absolute atomic E-state index is 14.1. The molecular weight excluding hydrogens is 1140 g/mol. The van der Waals surface area contributed by atoms with E-state index in [1.165, 1.54) is 23.5 Å². The smallest absolute Gasteiger partial charge is 0.305 e. The van der Waals surface area contributed by atoms with E-state index in [-0.39, 0.29) is 23.0 Å². The fraction of sp³-hybridized carbons (Fsp3) is 0.400. The number of carbonyl (C=O) groups is 13. The molecule has 0 spiro atoms. The van der Waals surface area contributed by atoms with Crippen molar-refractivity contribution < 1.29 is 87.9 Å². The van der Waals surface area contributed by atoms with Gasteiger partial charge >= 0.3 is 23.9 Å². The summed E-state index contributed by atoms with van der Waals surface area (Å²) in [6, 6.07) is 10.6. The molecule has 0 bridgehead atoms. The lowest BCUT2D eigenvalue weighted by Crippen LogP contribution is -2.61. The van der Waals surface area contributed by atoms with Crippen molar-refractivity contribution >= 4 is 122 Å². The van der Waals surface area contributed by atoms with Crippen LogP contribution in [-0.4, -0.2) is 169 Å². The Morgan fingerprint density at radius 1 is 0.560 bits per heavy atom. The zero-order chi connectivity index (χ0) is 61.8. The molecule has 29 heteroatoms. The quantitative estimate of drug-likeness (QED) is 0.0764.